The highest BCUT2D eigenvalue weighted by molar-refractivity contribution is 6.04. The summed E-state index contributed by atoms with van der Waals surface area (Å²) in [6.07, 6.45) is 1.29. The summed E-state index contributed by atoms with van der Waals surface area (Å²) in [4.78, 5) is 33.8. The van der Waals surface area contributed by atoms with Crippen LogP contribution in [0.1, 0.15) is 15.9 Å². The van der Waals surface area contributed by atoms with Gasteiger partial charge in [-0.25, -0.2) is 0 Å². The number of non-ortho nitro benzene ring substituents is 1. The van der Waals surface area contributed by atoms with Crippen molar-refractivity contribution in [2.75, 3.05) is 0 Å². The molecule has 0 saturated carbocycles. The molecule has 0 radical (unpaired) electrons. The standard InChI is InChI=1S/C16H13N3O4/c17-15(20)14(18-16(21)12-6-2-1-3-7-12)10-11-5-4-8-13(9-11)19(22)23/h1-10H,(H2,17,20)(H,18,21)/b14-10+. The molecule has 0 atom stereocenters. The van der Waals surface area contributed by atoms with E-state index in [-0.39, 0.29) is 11.4 Å². The fraction of sp³-hybridized carbons (Fsp3) is 0. The number of primary amides is 1. The molecule has 0 aromatic heterocycles. The highest BCUT2D eigenvalue weighted by Crippen LogP contribution is 2.15. The summed E-state index contributed by atoms with van der Waals surface area (Å²) in [6.45, 7) is 0. The third-order valence-electron chi connectivity index (χ3n) is 2.94. The van der Waals surface area contributed by atoms with E-state index >= 15 is 0 Å². The summed E-state index contributed by atoms with van der Waals surface area (Å²) in [6, 6.07) is 13.9. The van der Waals surface area contributed by atoms with Crippen LogP contribution in [0.2, 0.25) is 0 Å². The summed E-state index contributed by atoms with van der Waals surface area (Å²) in [5.41, 5.74) is 5.71. The summed E-state index contributed by atoms with van der Waals surface area (Å²) in [5.74, 6) is -1.35. The van der Waals surface area contributed by atoms with Gasteiger partial charge in [-0.2, -0.15) is 0 Å². The van der Waals surface area contributed by atoms with Crippen molar-refractivity contribution in [2.24, 2.45) is 5.73 Å². The molecule has 0 spiro atoms. The van der Waals surface area contributed by atoms with Crippen LogP contribution in [0.25, 0.3) is 6.08 Å². The Morgan fingerprint density at radius 3 is 2.39 bits per heavy atom. The van der Waals surface area contributed by atoms with Crippen LogP contribution in [-0.4, -0.2) is 16.7 Å². The predicted molar refractivity (Wildman–Crippen MR) is 84.2 cm³/mol. The van der Waals surface area contributed by atoms with Gasteiger partial charge in [0, 0.05) is 17.7 Å². The maximum Gasteiger partial charge on any atom is 0.270 e. The first-order valence-corrected chi connectivity index (χ1v) is 6.60. The number of hydrogen-bond donors (Lipinski definition) is 2. The fourth-order valence-corrected chi connectivity index (χ4v) is 1.85. The van der Waals surface area contributed by atoms with E-state index in [4.69, 9.17) is 5.73 Å². The minimum atomic E-state index is -0.846. The molecule has 2 aromatic carbocycles. The lowest BCUT2D eigenvalue weighted by molar-refractivity contribution is -0.384. The second kappa shape index (κ2) is 6.99. The SMILES string of the molecule is NC(=O)/C(=C\c1cccc([N+](=O)[O-])c1)NC(=O)c1ccccc1. The number of nitro benzene ring substituents is 1. The van der Waals surface area contributed by atoms with E-state index < -0.39 is 16.7 Å². The number of nitro groups is 1. The topological polar surface area (TPSA) is 115 Å². The second-order valence-electron chi connectivity index (χ2n) is 4.59. The first-order valence-electron chi connectivity index (χ1n) is 6.60. The quantitative estimate of drug-likeness (QED) is 0.498. The van der Waals surface area contributed by atoms with E-state index in [9.17, 15) is 19.7 Å². The van der Waals surface area contributed by atoms with Gasteiger partial charge >= 0.3 is 0 Å². The zero-order valence-electron chi connectivity index (χ0n) is 11.9. The third kappa shape index (κ3) is 4.24. The predicted octanol–water partition coefficient (Wildman–Crippen LogP) is 1.85. The molecule has 0 unspecified atom stereocenters. The van der Waals surface area contributed by atoms with Crippen LogP contribution in [0.5, 0.6) is 0 Å². The Bertz CT molecular complexity index is 785. The lowest BCUT2D eigenvalue weighted by atomic mass is 10.1. The largest absolute Gasteiger partial charge is 0.364 e. The molecule has 3 N–H and O–H groups in total. The highest BCUT2D eigenvalue weighted by atomic mass is 16.6. The first kappa shape index (κ1) is 15.9. The Labute approximate surface area is 131 Å². The molecule has 0 saturated heterocycles. The van der Waals surface area contributed by atoms with Gasteiger partial charge in [-0.3, -0.25) is 19.7 Å². The number of nitrogens with two attached hydrogens (primary N) is 1. The number of amides is 2. The van der Waals surface area contributed by atoms with Crippen molar-refractivity contribution in [3.8, 4) is 0 Å². The molecule has 7 nitrogen and oxygen atoms in total. The zero-order chi connectivity index (χ0) is 16.8. The van der Waals surface area contributed by atoms with Gasteiger partial charge in [-0.15, -0.1) is 0 Å². The summed E-state index contributed by atoms with van der Waals surface area (Å²) in [5, 5.41) is 13.2. The average molecular weight is 311 g/mol. The van der Waals surface area contributed by atoms with E-state index in [1.54, 1.807) is 36.4 Å². The Balaban J connectivity index is 2.28. The van der Waals surface area contributed by atoms with Crippen molar-refractivity contribution in [2.45, 2.75) is 0 Å². The molecule has 7 heteroatoms. The van der Waals surface area contributed by atoms with Gasteiger partial charge in [0.2, 0.25) is 0 Å². The van der Waals surface area contributed by atoms with Crippen LogP contribution in [0.3, 0.4) is 0 Å². The molecule has 2 aromatic rings. The van der Waals surface area contributed by atoms with Crippen LogP contribution in [-0.2, 0) is 4.79 Å². The number of hydrogen-bond acceptors (Lipinski definition) is 4. The maximum atomic E-state index is 12.1. The minimum Gasteiger partial charge on any atom is -0.364 e. The van der Waals surface area contributed by atoms with Gasteiger partial charge in [0.05, 0.1) is 4.92 Å². The van der Waals surface area contributed by atoms with Crippen molar-refractivity contribution in [3.63, 3.8) is 0 Å². The van der Waals surface area contributed by atoms with E-state index in [0.29, 0.717) is 11.1 Å². The lowest BCUT2D eigenvalue weighted by Gasteiger charge is -2.07. The summed E-state index contributed by atoms with van der Waals surface area (Å²) < 4.78 is 0. The normalized spacial score (nSPS) is 10.9. The Hall–Kier alpha value is -3.48. The van der Waals surface area contributed by atoms with Gasteiger partial charge in [-0.05, 0) is 23.8 Å². The van der Waals surface area contributed by atoms with Crippen molar-refractivity contribution in [3.05, 3.63) is 81.5 Å². The van der Waals surface area contributed by atoms with E-state index in [1.165, 1.54) is 24.3 Å². The highest BCUT2D eigenvalue weighted by Gasteiger charge is 2.12. The van der Waals surface area contributed by atoms with Gasteiger partial charge in [0.15, 0.2) is 0 Å². The second-order valence-corrected chi connectivity index (χ2v) is 4.59. The third-order valence-corrected chi connectivity index (χ3v) is 2.94. The molecular weight excluding hydrogens is 298 g/mol. The number of nitrogens with zero attached hydrogens (tertiary/aromatic N) is 1. The lowest BCUT2D eigenvalue weighted by Crippen LogP contribution is -2.31. The molecule has 23 heavy (non-hydrogen) atoms. The van der Waals surface area contributed by atoms with Crippen LogP contribution in [0.15, 0.2) is 60.3 Å². The van der Waals surface area contributed by atoms with E-state index in [1.807, 2.05) is 0 Å². The molecule has 2 rings (SSSR count). The molecule has 0 heterocycles. The van der Waals surface area contributed by atoms with E-state index in [0.717, 1.165) is 0 Å². The van der Waals surface area contributed by atoms with Gasteiger partial charge in [-0.1, -0.05) is 30.3 Å². The molecular formula is C16H13N3O4. The van der Waals surface area contributed by atoms with Crippen LogP contribution >= 0.6 is 0 Å². The summed E-state index contributed by atoms with van der Waals surface area (Å²) in [7, 11) is 0. The van der Waals surface area contributed by atoms with Crippen LogP contribution in [0.4, 0.5) is 5.69 Å². The van der Waals surface area contributed by atoms with Crippen molar-refractivity contribution in [1.29, 1.82) is 0 Å². The van der Waals surface area contributed by atoms with Gasteiger partial charge in [0.1, 0.15) is 5.70 Å². The van der Waals surface area contributed by atoms with Crippen molar-refractivity contribution >= 4 is 23.6 Å². The van der Waals surface area contributed by atoms with Gasteiger partial charge in [0.25, 0.3) is 17.5 Å². The zero-order valence-corrected chi connectivity index (χ0v) is 11.9. The Morgan fingerprint density at radius 1 is 1.09 bits per heavy atom. The smallest absolute Gasteiger partial charge is 0.270 e. The number of benzene rings is 2. The molecule has 0 bridgehead atoms. The molecule has 0 aliphatic heterocycles. The molecule has 116 valence electrons. The van der Waals surface area contributed by atoms with Crippen LogP contribution in [0, 0.1) is 10.1 Å². The number of nitrogens with one attached hydrogen (secondary N) is 1. The molecule has 0 aliphatic rings. The fourth-order valence-electron chi connectivity index (χ4n) is 1.85. The minimum absolute atomic E-state index is 0.128. The Kier molecular flexibility index (Phi) is 4.83. The van der Waals surface area contributed by atoms with E-state index in [2.05, 4.69) is 5.32 Å². The number of carbonyl (C=O) groups is 2. The summed E-state index contributed by atoms with van der Waals surface area (Å²) >= 11 is 0. The monoisotopic (exact) mass is 311 g/mol. The Morgan fingerprint density at radius 2 is 1.78 bits per heavy atom. The van der Waals surface area contributed by atoms with Crippen molar-refractivity contribution in [1.82, 2.24) is 5.32 Å². The maximum absolute atomic E-state index is 12.1. The molecule has 0 aliphatic carbocycles. The number of carbonyl (C=O) groups excluding carboxylic acids is 2. The number of rotatable bonds is 5. The average Bonchev–Trinajstić information content (AvgIpc) is 2.55. The first-order chi connectivity index (χ1) is 11.0. The van der Waals surface area contributed by atoms with Crippen LogP contribution < -0.4 is 11.1 Å². The molecule has 2 amide bonds. The van der Waals surface area contributed by atoms with Gasteiger partial charge < -0.3 is 11.1 Å². The molecule has 0 fully saturated rings. The van der Waals surface area contributed by atoms with Crippen molar-refractivity contribution < 1.29 is 14.5 Å².